The number of hydrogen-bond acceptors (Lipinski definition) is 3. The van der Waals surface area contributed by atoms with E-state index in [1.807, 2.05) is 6.92 Å². The first-order valence-corrected chi connectivity index (χ1v) is 5.70. The zero-order valence-corrected chi connectivity index (χ0v) is 10.8. The van der Waals surface area contributed by atoms with Gasteiger partial charge in [0.05, 0.1) is 18.7 Å². The first-order chi connectivity index (χ1) is 7.58. The van der Waals surface area contributed by atoms with Gasteiger partial charge in [0.15, 0.2) is 0 Å². The van der Waals surface area contributed by atoms with E-state index in [2.05, 4.69) is 5.32 Å². The Labute approximate surface area is 105 Å². The fourth-order valence-corrected chi connectivity index (χ4v) is 1.69. The predicted molar refractivity (Wildman–Crippen MR) is 66.4 cm³/mol. The van der Waals surface area contributed by atoms with Gasteiger partial charge in [-0.25, -0.2) is 0 Å². The first kappa shape index (κ1) is 13.6. The normalized spacial score (nSPS) is 12.6. The molecule has 0 aliphatic rings. The topological polar surface area (TPSA) is 41.5 Å². The molecule has 0 aliphatic heterocycles. The Morgan fingerprint density at radius 3 is 2.62 bits per heavy atom. The highest BCUT2D eigenvalue weighted by molar-refractivity contribution is 6.34. The van der Waals surface area contributed by atoms with Crippen LogP contribution in [0.3, 0.4) is 0 Å². The molecule has 0 saturated heterocycles. The highest BCUT2D eigenvalue weighted by atomic mass is 35.5. The molecule has 90 valence electrons. The van der Waals surface area contributed by atoms with Crippen molar-refractivity contribution >= 4 is 23.2 Å². The van der Waals surface area contributed by atoms with Crippen LogP contribution in [0.2, 0.25) is 10.0 Å². The second-order valence-corrected chi connectivity index (χ2v) is 4.36. The van der Waals surface area contributed by atoms with Crippen LogP contribution in [0.4, 0.5) is 0 Å². The van der Waals surface area contributed by atoms with Crippen molar-refractivity contribution in [3.63, 3.8) is 0 Å². The van der Waals surface area contributed by atoms with E-state index in [1.54, 1.807) is 19.2 Å². The zero-order valence-electron chi connectivity index (χ0n) is 9.26. The van der Waals surface area contributed by atoms with Crippen molar-refractivity contribution in [3.05, 3.63) is 27.7 Å². The van der Waals surface area contributed by atoms with Crippen LogP contribution in [0.5, 0.6) is 5.75 Å². The van der Waals surface area contributed by atoms with Gasteiger partial charge in [-0.05, 0) is 18.6 Å². The van der Waals surface area contributed by atoms with E-state index in [1.165, 1.54) is 0 Å². The molecule has 5 heteroatoms. The van der Waals surface area contributed by atoms with Crippen molar-refractivity contribution in [1.82, 2.24) is 5.32 Å². The van der Waals surface area contributed by atoms with Crippen molar-refractivity contribution in [3.8, 4) is 5.75 Å². The maximum atomic E-state index is 8.88. The third-order valence-electron chi connectivity index (χ3n) is 2.24. The first-order valence-electron chi connectivity index (χ1n) is 4.94. The molecule has 0 unspecified atom stereocenters. The molecule has 1 aromatic rings. The molecule has 0 saturated carbocycles. The summed E-state index contributed by atoms with van der Waals surface area (Å²) in [4.78, 5) is 0. The number of halogens is 2. The summed E-state index contributed by atoms with van der Waals surface area (Å²) in [6.07, 6.45) is 0. The zero-order chi connectivity index (χ0) is 12.1. The lowest BCUT2D eigenvalue weighted by Crippen LogP contribution is -2.28. The van der Waals surface area contributed by atoms with Gasteiger partial charge in [0, 0.05) is 23.7 Å². The van der Waals surface area contributed by atoms with Crippen LogP contribution in [0.1, 0.15) is 12.5 Å². The molecule has 0 radical (unpaired) electrons. The van der Waals surface area contributed by atoms with Crippen molar-refractivity contribution in [1.29, 1.82) is 0 Å². The fraction of sp³-hybridized carbons (Fsp3) is 0.455. The number of methoxy groups -OCH3 is 1. The average molecular weight is 264 g/mol. The second-order valence-electron chi connectivity index (χ2n) is 3.54. The van der Waals surface area contributed by atoms with E-state index in [4.69, 9.17) is 33.0 Å². The molecule has 3 nitrogen and oxygen atoms in total. The largest absolute Gasteiger partial charge is 0.495 e. The van der Waals surface area contributed by atoms with Crippen molar-refractivity contribution in [2.24, 2.45) is 0 Å². The molecule has 0 aliphatic carbocycles. The Hall–Kier alpha value is -0.480. The van der Waals surface area contributed by atoms with E-state index in [0.29, 0.717) is 22.3 Å². The van der Waals surface area contributed by atoms with Gasteiger partial charge < -0.3 is 15.2 Å². The van der Waals surface area contributed by atoms with Gasteiger partial charge in [0.1, 0.15) is 5.75 Å². The van der Waals surface area contributed by atoms with Crippen molar-refractivity contribution in [2.75, 3.05) is 13.7 Å². The van der Waals surface area contributed by atoms with Crippen LogP contribution in [-0.4, -0.2) is 24.9 Å². The van der Waals surface area contributed by atoms with Gasteiger partial charge in [-0.3, -0.25) is 0 Å². The molecule has 1 aromatic carbocycles. The number of ether oxygens (including phenoxy) is 1. The Kier molecular flexibility index (Phi) is 5.35. The number of rotatable bonds is 5. The highest BCUT2D eigenvalue weighted by Crippen LogP contribution is 2.30. The SMILES string of the molecule is COc1cc(Cl)c(CN[C@H](C)CO)cc1Cl. The van der Waals surface area contributed by atoms with Gasteiger partial charge in [-0.1, -0.05) is 23.2 Å². The standard InChI is InChI=1S/C11H15Cl2NO2/c1-7(6-15)14-5-8-3-10(13)11(16-2)4-9(8)12/h3-4,7,14-15H,5-6H2,1-2H3/t7-/m1/s1. The summed E-state index contributed by atoms with van der Waals surface area (Å²) >= 11 is 12.1. The van der Waals surface area contributed by atoms with Crippen molar-refractivity contribution in [2.45, 2.75) is 19.5 Å². The summed E-state index contributed by atoms with van der Waals surface area (Å²) in [5.74, 6) is 0.561. The molecular formula is C11H15Cl2NO2. The average Bonchev–Trinajstić information content (AvgIpc) is 2.29. The maximum Gasteiger partial charge on any atom is 0.138 e. The van der Waals surface area contributed by atoms with E-state index in [0.717, 1.165) is 5.56 Å². The predicted octanol–water partition coefficient (Wildman–Crippen LogP) is 2.47. The van der Waals surface area contributed by atoms with Crippen LogP contribution >= 0.6 is 23.2 Å². The van der Waals surface area contributed by atoms with Crippen LogP contribution in [0, 0.1) is 0 Å². The summed E-state index contributed by atoms with van der Waals surface area (Å²) in [6, 6.07) is 3.47. The monoisotopic (exact) mass is 263 g/mol. The van der Waals surface area contributed by atoms with Crippen LogP contribution < -0.4 is 10.1 Å². The molecule has 0 bridgehead atoms. The molecule has 1 atom stereocenters. The van der Waals surface area contributed by atoms with E-state index in [-0.39, 0.29) is 12.6 Å². The van der Waals surface area contributed by atoms with Gasteiger partial charge >= 0.3 is 0 Å². The highest BCUT2D eigenvalue weighted by Gasteiger charge is 2.08. The summed E-state index contributed by atoms with van der Waals surface area (Å²) in [5.41, 5.74) is 0.882. The van der Waals surface area contributed by atoms with Crippen LogP contribution in [0.25, 0.3) is 0 Å². The van der Waals surface area contributed by atoms with Crippen molar-refractivity contribution < 1.29 is 9.84 Å². The molecule has 0 amide bonds. The summed E-state index contributed by atoms with van der Waals surface area (Å²) in [7, 11) is 1.54. The molecule has 0 spiro atoms. The van der Waals surface area contributed by atoms with E-state index < -0.39 is 0 Å². The van der Waals surface area contributed by atoms with Gasteiger partial charge in [-0.2, -0.15) is 0 Å². The maximum absolute atomic E-state index is 8.88. The number of hydrogen-bond donors (Lipinski definition) is 2. The van der Waals surface area contributed by atoms with Crippen LogP contribution in [-0.2, 0) is 6.54 Å². The Balaban J connectivity index is 2.77. The lowest BCUT2D eigenvalue weighted by molar-refractivity contribution is 0.251. The number of aliphatic hydroxyl groups excluding tert-OH is 1. The fourth-order valence-electron chi connectivity index (χ4n) is 1.21. The third-order valence-corrected chi connectivity index (χ3v) is 2.88. The molecule has 0 fully saturated rings. The quantitative estimate of drug-likeness (QED) is 0.858. The van der Waals surface area contributed by atoms with E-state index in [9.17, 15) is 0 Å². The minimum Gasteiger partial charge on any atom is -0.495 e. The summed E-state index contributed by atoms with van der Waals surface area (Å²) in [5, 5.41) is 13.1. The molecule has 0 heterocycles. The smallest absolute Gasteiger partial charge is 0.138 e. The second kappa shape index (κ2) is 6.30. The number of aliphatic hydroxyl groups is 1. The van der Waals surface area contributed by atoms with Gasteiger partial charge in [-0.15, -0.1) is 0 Å². The lowest BCUT2D eigenvalue weighted by Gasteiger charge is -2.13. The summed E-state index contributed by atoms with van der Waals surface area (Å²) in [6.45, 7) is 2.53. The number of nitrogens with one attached hydrogen (secondary N) is 1. The Morgan fingerprint density at radius 2 is 2.06 bits per heavy atom. The molecule has 0 aromatic heterocycles. The minimum absolute atomic E-state index is 0.0249. The molecule has 2 N–H and O–H groups in total. The van der Waals surface area contributed by atoms with E-state index >= 15 is 0 Å². The van der Waals surface area contributed by atoms with Gasteiger partial charge in [0.25, 0.3) is 0 Å². The molecule has 1 rings (SSSR count). The summed E-state index contributed by atoms with van der Waals surface area (Å²) < 4.78 is 5.05. The lowest BCUT2D eigenvalue weighted by atomic mass is 10.2. The van der Waals surface area contributed by atoms with Crippen LogP contribution in [0.15, 0.2) is 12.1 Å². The Morgan fingerprint density at radius 1 is 1.38 bits per heavy atom. The molecular weight excluding hydrogens is 249 g/mol. The van der Waals surface area contributed by atoms with Gasteiger partial charge in [0.2, 0.25) is 0 Å². The molecule has 16 heavy (non-hydrogen) atoms. The minimum atomic E-state index is 0.0249. The Bertz CT molecular complexity index is 358. The number of benzene rings is 1. The third kappa shape index (κ3) is 3.52.